The van der Waals surface area contributed by atoms with Crippen LogP contribution in [0.15, 0.2) is 73.1 Å². The monoisotopic (exact) mass is 722 g/mol. The first-order chi connectivity index (χ1) is 26.4. The molecule has 4 heterocycles. The molecule has 54 heavy (non-hydrogen) atoms. The third-order valence-electron chi connectivity index (χ3n) is 10.5. The highest BCUT2D eigenvalue weighted by Gasteiger charge is 2.56. The zero-order valence-electron chi connectivity index (χ0n) is 31.4. The summed E-state index contributed by atoms with van der Waals surface area (Å²) in [6, 6.07) is 20.7. The summed E-state index contributed by atoms with van der Waals surface area (Å²) in [7, 11) is 0. The molecule has 2 aliphatic rings. The number of aromatic nitrogens is 6. The Hall–Kier alpha value is -6.11. The van der Waals surface area contributed by atoms with Gasteiger partial charge in [-0.1, -0.05) is 52.6 Å². The van der Waals surface area contributed by atoms with Crippen LogP contribution in [0.1, 0.15) is 66.1 Å². The van der Waals surface area contributed by atoms with Gasteiger partial charge in [-0.05, 0) is 51.5 Å². The third kappa shape index (κ3) is 6.43. The van der Waals surface area contributed by atoms with E-state index in [9.17, 15) is 4.79 Å². The van der Waals surface area contributed by atoms with Crippen LogP contribution in [0.5, 0.6) is 11.5 Å². The summed E-state index contributed by atoms with van der Waals surface area (Å²) in [4.78, 5) is 23.2. The number of benzene rings is 3. The number of hydrogen-bond acceptors (Lipinski definition) is 9. The largest absolute Gasteiger partial charge is 0.456 e. The normalized spacial score (nSPS) is 13.6. The minimum Gasteiger partial charge on any atom is -0.456 e. The lowest BCUT2D eigenvalue weighted by Crippen LogP contribution is -2.47. The quantitative estimate of drug-likeness (QED) is 0.132. The molecule has 0 radical (unpaired) electrons. The molecule has 7 rings (SSSR count). The van der Waals surface area contributed by atoms with Crippen molar-refractivity contribution in [1.29, 1.82) is 0 Å². The molecule has 0 atom stereocenters. The van der Waals surface area contributed by atoms with E-state index in [0.717, 1.165) is 71.4 Å². The van der Waals surface area contributed by atoms with Crippen molar-refractivity contribution in [2.45, 2.75) is 59.4 Å². The van der Waals surface area contributed by atoms with Crippen molar-refractivity contribution in [1.82, 2.24) is 39.8 Å². The van der Waals surface area contributed by atoms with Gasteiger partial charge in [0.15, 0.2) is 0 Å². The number of anilines is 2. The molecule has 2 aliphatic heterocycles. The number of hydrogen-bond donors (Lipinski definition) is 0. The SMILES string of the molecule is C#CCN(CC#C)Cc1cn(CCn2cc(CN3C(=O)c4ccccc4C34c3ccc(N(CC)CC)cc3Oc3cc(N(CC)CC)ccc34)nn2)nn1. The van der Waals surface area contributed by atoms with Crippen LogP contribution < -0.4 is 14.5 Å². The van der Waals surface area contributed by atoms with Crippen LogP contribution in [-0.4, -0.2) is 85.0 Å². The van der Waals surface area contributed by atoms with Crippen LogP contribution in [0.25, 0.3) is 0 Å². The highest BCUT2D eigenvalue weighted by Crippen LogP contribution is 2.58. The van der Waals surface area contributed by atoms with Crippen molar-refractivity contribution in [3.05, 3.63) is 107 Å². The number of amides is 1. The predicted molar refractivity (Wildman–Crippen MR) is 209 cm³/mol. The van der Waals surface area contributed by atoms with Crippen molar-refractivity contribution >= 4 is 17.3 Å². The molecule has 0 N–H and O–H groups in total. The lowest BCUT2D eigenvalue weighted by Gasteiger charge is -2.44. The average Bonchev–Trinajstić information content (AvgIpc) is 3.90. The second kappa shape index (κ2) is 15.5. The number of carbonyl (C=O) groups is 1. The molecular weight excluding hydrogens is 677 g/mol. The zero-order valence-corrected chi connectivity index (χ0v) is 31.4. The molecule has 0 unspecified atom stereocenters. The Balaban J connectivity index is 1.24. The molecule has 12 heteroatoms. The van der Waals surface area contributed by atoms with Crippen molar-refractivity contribution in [2.75, 3.05) is 49.1 Å². The van der Waals surface area contributed by atoms with Crippen LogP contribution in [0.2, 0.25) is 0 Å². The Kier molecular flexibility index (Phi) is 10.4. The minimum atomic E-state index is -0.964. The summed E-state index contributed by atoms with van der Waals surface area (Å²) in [5, 5.41) is 17.6. The smallest absolute Gasteiger partial charge is 0.255 e. The van der Waals surface area contributed by atoms with E-state index >= 15 is 0 Å². The van der Waals surface area contributed by atoms with Gasteiger partial charge in [-0.3, -0.25) is 19.1 Å². The molecule has 0 saturated carbocycles. The van der Waals surface area contributed by atoms with Gasteiger partial charge in [-0.15, -0.1) is 23.0 Å². The highest BCUT2D eigenvalue weighted by atomic mass is 16.5. The van der Waals surface area contributed by atoms with Gasteiger partial charge in [0, 0.05) is 79.1 Å². The lowest BCUT2D eigenvalue weighted by atomic mass is 9.74. The molecule has 2 aromatic heterocycles. The molecular formula is C42H46N10O2. The van der Waals surface area contributed by atoms with E-state index in [-0.39, 0.29) is 12.5 Å². The fourth-order valence-electron chi connectivity index (χ4n) is 7.89. The molecule has 0 aliphatic carbocycles. The third-order valence-corrected chi connectivity index (χ3v) is 10.5. The van der Waals surface area contributed by atoms with Crippen LogP contribution in [0.4, 0.5) is 11.4 Å². The number of fused-ring (bicyclic) bond motifs is 6. The summed E-state index contributed by atoms with van der Waals surface area (Å²) in [6.45, 7) is 14.7. The van der Waals surface area contributed by atoms with E-state index in [0.29, 0.717) is 44.0 Å². The Bertz CT molecular complexity index is 2140. The molecule has 12 nitrogen and oxygen atoms in total. The van der Waals surface area contributed by atoms with Crippen LogP contribution in [-0.2, 0) is 31.7 Å². The van der Waals surface area contributed by atoms with Gasteiger partial charge in [-0.25, -0.2) is 0 Å². The first kappa shape index (κ1) is 36.3. The average molecular weight is 723 g/mol. The summed E-state index contributed by atoms with van der Waals surface area (Å²) in [5.41, 5.74) is 6.04. The number of ether oxygens (including phenoxy) is 1. The van der Waals surface area contributed by atoms with E-state index in [4.69, 9.17) is 17.6 Å². The van der Waals surface area contributed by atoms with Crippen molar-refractivity contribution in [2.24, 2.45) is 0 Å². The fourth-order valence-corrected chi connectivity index (χ4v) is 7.89. The topological polar surface area (TPSA) is 101 Å². The molecule has 1 spiro atoms. The van der Waals surface area contributed by atoms with Gasteiger partial charge in [0.1, 0.15) is 22.7 Å². The maximum absolute atomic E-state index is 14.7. The number of nitrogens with zero attached hydrogens (tertiary/aromatic N) is 10. The highest BCUT2D eigenvalue weighted by molar-refractivity contribution is 6.02. The van der Waals surface area contributed by atoms with E-state index < -0.39 is 5.54 Å². The lowest BCUT2D eigenvalue weighted by molar-refractivity contribution is 0.0642. The summed E-state index contributed by atoms with van der Waals surface area (Å²) >= 11 is 0. The van der Waals surface area contributed by atoms with Gasteiger partial charge in [0.05, 0.1) is 44.6 Å². The minimum absolute atomic E-state index is 0.0709. The van der Waals surface area contributed by atoms with Gasteiger partial charge in [-0.2, -0.15) is 0 Å². The molecule has 5 aromatic rings. The number of terminal acetylenes is 2. The maximum atomic E-state index is 14.7. The fraction of sp³-hybridized carbons (Fsp3) is 0.357. The molecule has 0 fully saturated rings. The predicted octanol–water partition coefficient (Wildman–Crippen LogP) is 5.38. The maximum Gasteiger partial charge on any atom is 0.255 e. The first-order valence-electron chi connectivity index (χ1n) is 18.6. The van der Waals surface area contributed by atoms with E-state index in [1.165, 1.54) is 0 Å². The molecule has 0 bridgehead atoms. The Morgan fingerprint density at radius 2 is 1.26 bits per heavy atom. The Labute approximate surface area is 317 Å². The standard InChI is InChI=1S/C42H46N10O2/c1-7-21-47(22-8-2)27-31-28-50(45-43-31)23-24-51-29-32(44-46-51)30-52-41(53)35-15-13-14-16-36(35)42(52)37-19-17-33(48(9-3)10-4)25-39(37)54-40-26-34(18-20-38(40)42)49(11-5)12-6/h1-2,13-20,25-26,28-29H,9-12,21-24,27,30H2,3-6H3. The molecule has 3 aromatic carbocycles. The van der Waals surface area contributed by atoms with Crippen LogP contribution in [0.3, 0.4) is 0 Å². The number of aryl methyl sites for hydroxylation is 2. The van der Waals surface area contributed by atoms with E-state index in [2.05, 4.69) is 112 Å². The van der Waals surface area contributed by atoms with Gasteiger partial charge in [0.25, 0.3) is 5.91 Å². The van der Waals surface area contributed by atoms with E-state index in [1.807, 2.05) is 40.4 Å². The van der Waals surface area contributed by atoms with Gasteiger partial charge < -0.3 is 19.4 Å². The molecule has 1 amide bonds. The second-order valence-electron chi connectivity index (χ2n) is 13.5. The second-order valence-corrected chi connectivity index (χ2v) is 13.5. The summed E-state index contributed by atoms with van der Waals surface area (Å²) in [6.07, 6.45) is 14.8. The zero-order chi connectivity index (χ0) is 37.8. The summed E-state index contributed by atoms with van der Waals surface area (Å²) < 4.78 is 10.4. The molecule has 276 valence electrons. The Morgan fingerprint density at radius 1 is 0.722 bits per heavy atom. The number of rotatable bonds is 15. The van der Waals surface area contributed by atoms with Gasteiger partial charge in [0.2, 0.25) is 0 Å². The first-order valence-corrected chi connectivity index (χ1v) is 18.6. The van der Waals surface area contributed by atoms with Gasteiger partial charge >= 0.3 is 0 Å². The van der Waals surface area contributed by atoms with Crippen molar-refractivity contribution in [3.8, 4) is 36.2 Å². The van der Waals surface area contributed by atoms with Crippen LogP contribution in [0, 0.1) is 24.7 Å². The molecule has 0 saturated heterocycles. The van der Waals surface area contributed by atoms with E-state index in [1.54, 1.807) is 9.36 Å². The summed E-state index contributed by atoms with van der Waals surface area (Å²) in [5.74, 6) is 6.66. The Morgan fingerprint density at radius 3 is 1.81 bits per heavy atom. The number of carbonyl (C=O) groups excluding carboxylic acids is 1. The van der Waals surface area contributed by atoms with Crippen molar-refractivity contribution in [3.63, 3.8) is 0 Å². The van der Waals surface area contributed by atoms with Crippen molar-refractivity contribution < 1.29 is 9.53 Å². The van der Waals surface area contributed by atoms with Crippen LogP contribution >= 0.6 is 0 Å².